The largest absolute Gasteiger partial charge is 0.476 e. The van der Waals surface area contributed by atoms with E-state index >= 15 is 0 Å². The van der Waals surface area contributed by atoms with Crippen LogP contribution in [-0.4, -0.2) is 54.3 Å². The Morgan fingerprint density at radius 2 is 1.93 bits per heavy atom. The molecule has 7 heteroatoms. The molecule has 0 bridgehead atoms. The first kappa shape index (κ1) is 17.6. The number of benzene rings is 1. The zero-order chi connectivity index (χ0) is 18.5. The number of para-hydroxylation sites is 1. The summed E-state index contributed by atoms with van der Waals surface area (Å²) in [4.78, 5) is 11.0. The highest BCUT2D eigenvalue weighted by atomic mass is 19.1. The second-order valence-corrected chi connectivity index (χ2v) is 6.18. The summed E-state index contributed by atoms with van der Waals surface area (Å²) < 4.78 is 30.6. The SMILES string of the molecule is Fc1ccccc1Oc1ccnc2cc(OCCN3CCOCC3)ncc12. The summed E-state index contributed by atoms with van der Waals surface area (Å²) in [6, 6.07) is 9.74. The summed E-state index contributed by atoms with van der Waals surface area (Å²) in [6.07, 6.45) is 3.26. The van der Waals surface area contributed by atoms with E-state index in [2.05, 4.69) is 14.9 Å². The Morgan fingerprint density at radius 3 is 2.78 bits per heavy atom. The summed E-state index contributed by atoms with van der Waals surface area (Å²) in [5.74, 6) is 0.748. The second kappa shape index (κ2) is 8.28. The van der Waals surface area contributed by atoms with Gasteiger partial charge in [-0.05, 0) is 18.2 Å². The molecular formula is C20H20FN3O3. The van der Waals surface area contributed by atoms with Gasteiger partial charge >= 0.3 is 0 Å². The molecule has 27 heavy (non-hydrogen) atoms. The van der Waals surface area contributed by atoms with Crippen LogP contribution in [0.4, 0.5) is 4.39 Å². The van der Waals surface area contributed by atoms with Gasteiger partial charge in [0.1, 0.15) is 12.4 Å². The van der Waals surface area contributed by atoms with Crippen molar-refractivity contribution in [3.8, 4) is 17.4 Å². The molecule has 0 spiro atoms. The molecular weight excluding hydrogens is 349 g/mol. The lowest BCUT2D eigenvalue weighted by atomic mass is 10.2. The molecule has 0 N–H and O–H groups in total. The molecule has 0 saturated carbocycles. The van der Waals surface area contributed by atoms with Gasteiger partial charge in [-0.25, -0.2) is 9.37 Å². The van der Waals surface area contributed by atoms with Crippen molar-refractivity contribution >= 4 is 10.9 Å². The summed E-state index contributed by atoms with van der Waals surface area (Å²) >= 11 is 0. The van der Waals surface area contributed by atoms with Crippen LogP contribution in [0, 0.1) is 5.82 Å². The minimum absolute atomic E-state index is 0.163. The fraction of sp³-hybridized carbons (Fsp3) is 0.300. The Bertz CT molecular complexity index is 916. The number of halogens is 1. The highest BCUT2D eigenvalue weighted by Gasteiger charge is 2.12. The van der Waals surface area contributed by atoms with Gasteiger partial charge < -0.3 is 14.2 Å². The first-order chi connectivity index (χ1) is 13.3. The number of nitrogens with zero attached hydrogens (tertiary/aromatic N) is 3. The second-order valence-electron chi connectivity index (χ2n) is 6.18. The molecule has 1 fully saturated rings. The standard InChI is InChI=1S/C20H20FN3O3/c21-16-3-1-2-4-19(16)27-18-5-6-22-17-13-20(23-14-15(17)18)26-12-9-24-7-10-25-11-8-24/h1-6,13-14H,7-12H2. The van der Waals surface area contributed by atoms with Crippen molar-refractivity contribution in [1.29, 1.82) is 0 Å². The fourth-order valence-electron chi connectivity index (χ4n) is 2.92. The predicted octanol–water partition coefficient (Wildman–Crippen LogP) is 3.27. The van der Waals surface area contributed by atoms with E-state index in [9.17, 15) is 4.39 Å². The maximum absolute atomic E-state index is 13.8. The van der Waals surface area contributed by atoms with Crippen molar-refractivity contribution < 1.29 is 18.6 Å². The molecule has 1 aliphatic heterocycles. The topological polar surface area (TPSA) is 56.7 Å². The van der Waals surface area contributed by atoms with Crippen LogP contribution in [0.1, 0.15) is 0 Å². The van der Waals surface area contributed by atoms with Crippen LogP contribution in [0.3, 0.4) is 0 Å². The molecule has 0 unspecified atom stereocenters. The van der Waals surface area contributed by atoms with Gasteiger partial charge in [-0.15, -0.1) is 0 Å². The van der Waals surface area contributed by atoms with Gasteiger partial charge in [0.05, 0.1) is 24.1 Å². The third kappa shape index (κ3) is 4.32. The van der Waals surface area contributed by atoms with E-state index in [1.807, 2.05) is 0 Å². The first-order valence-electron chi connectivity index (χ1n) is 8.90. The van der Waals surface area contributed by atoms with Crippen molar-refractivity contribution in [2.75, 3.05) is 39.5 Å². The van der Waals surface area contributed by atoms with E-state index in [-0.39, 0.29) is 5.75 Å². The molecule has 0 aliphatic carbocycles. The molecule has 1 saturated heterocycles. The van der Waals surface area contributed by atoms with Gasteiger partial charge in [0.2, 0.25) is 5.88 Å². The van der Waals surface area contributed by atoms with Crippen LogP contribution < -0.4 is 9.47 Å². The predicted molar refractivity (Wildman–Crippen MR) is 98.8 cm³/mol. The fourth-order valence-corrected chi connectivity index (χ4v) is 2.92. The van der Waals surface area contributed by atoms with Crippen LogP contribution in [0.25, 0.3) is 10.9 Å². The lowest BCUT2D eigenvalue weighted by Crippen LogP contribution is -2.38. The van der Waals surface area contributed by atoms with E-state index in [0.717, 1.165) is 32.8 Å². The molecule has 140 valence electrons. The first-order valence-corrected chi connectivity index (χ1v) is 8.90. The Balaban J connectivity index is 1.46. The Kier molecular flexibility index (Phi) is 5.41. The number of morpholine rings is 1. The molecule has 6 nitrogen and oxygen atoms in total. The third-order valence-corrected chi connectivity index (χ3v) is 4.38. The zero-order valence-corrected chi connectivity index (χ0v) is 14.8. The molecule has 4 rings (SSSR count). The maximum Gasteiger partial charge on any atom is 0.215 e. The van der Waals surface area contributed by atoms with Crippen molar-refractivity contribution in [3.05, 3.63) is 54.6 Å². The van der Waals surface area contributed by atoms with Gasteiger partial charge in [-0.2, -0.15) is 0 Å². The van der Waals surface area contributed by atoms with E-state index in [1.54, 1.807) is 42.7 Å². The molecule has 0 amide bonds. The van der Waals surface area contributed by atoms with Crippen LogP contribution in [0.15, 0.2) is 48.8 Å². The Hall–Kier alpha value is -2.77. The molecule has 2 aromatic heterocycles. The van der Waals surface area contributed by atoms with E-state index in [0.29, 0.717) is 29.1 Å². The smallest absolute Gasteiger partial charge is 0.215 e. The van der Waals surface area contributed by atoms with Gasteiger partial charge in [0, 0.05) is 38.1 Å². The van der Waals surface area contributed by atoms with Crippen molar-refractivity contribution in [1.82, 2.24) is 14.9 Å². The lowest BCUT2D eigenvalue weighted by molar-refractivity contribution is 0.0320. The number of hydrogen-bond acceptors (Lipinski definition) is 6. The van der Waals surface area contributed by atoms with Crippen LogP contribution in [0.2, 0.25) is 0 Å². The monoisotopic (exact) mass is 369 g/mol. The lowest BCUT2D eigenvalue weighted by Gasteiger charge is -2.26. The average Bonchev–Trinajstić information content (AvgIpc) is 2.71. The van der Waals surface area contributed by atoms with E-state index in [1.165, 1.54) is 6.07 Å². The van der Waals surface area contributed by atoms with Gasteiger partial charge in [0.25, 0.3) is 0 Å². The average molecular weight is 369 g/mol. The highest BCUT2D eigenvalue weighted by Crippen LogP contribution is 2.30. The summed E-state index contributed by atoms with van der Waals surface area (Å²) in [5, 5.41) is 0.696. The summed E-state index contributed by atoms with van der Waals surface area (Å²) in [5.41, 5.74) is 0.681. The molecule has 0 atom stereocenters. The molecule has 1 aromatic carbocycles. The van der Waals surface area contributed by atoms with Crippen molar-refractivity contribution in [2.45, 2.75) is 0 Å². The molecule has 3 heterocycles. The number of pyridine rings is 2. The Morgan fingerprint density at radius 1 is 1.07 bits per heavy atom. The zero-order valence-electron chi connectivity index (χ0n) is 14.8. The number of fused-ring (bicyclic) bond motifs is 1. The third-order valence-electron chi connectivity index (χ3n) is 4.38. The van der Waals surface area contributed by atoms with Gasteiger partial charge in [-0.3, -0.25) is 9.88 Å². The van der Waals surface area contributed by atoms with Gasteiger partial charge in [-0.1, -0.05) is 12.1 Å². The van der Waals surface area contributed by atoms with Gasteiger partial charge in [0.15, 0.2) is 11.6 Å². The number of aromatic nitrogens is 2. The molecule has 3 aromatic rings. The van der Waals surface area contributed by atoms with E-state index in [4.69, 9.17) is 14.2 Å². The van der Waals surface area contributed by atoms with Crippen molar-refractivity contribution in [2.24, 2.45) is 0 Å². The van der Waals surface area contributed by atoms with Crippen LogP contribution >= 0.6 is 0 Å². The normalized spacial score (nSPS) is 15.0. The molecule has 1 aliphatic rings. The minimum Gasteiger partial charge on any atom is -0.476 e. The number of rotatable bonds is 6. The number of ether oxygens (including phenoxy) is 3. The molecule has 0 radical (unpaired) electrons. The summed E-state index contributed by atoms with van der Waals surface area (Å²) in [7, 11) is 0. The minimum atomic E-state index is -0.418. The van der Waals surface area contributed by atoms with Crippen LogP contribution in [0.5, 0.6) is 17.4 Å². The maximum atomic E-state index is 13.8. The quantitative estimate of drug-likeness (QED) is 0.665. The van der Waals surface area contributed by atoms with Crippen molar-refractivity contribution in [3.63, 3.8) is 0 Å². The number of hydrogen-bond donors (Lipinski definition) is 0. The van der Waals surface area contributed by atoms with E-state index < -0.39 is 5.82 Å². The van der Waals surface area contributed by atoms with Crippen LogP contribution in [-0.2, 0) is 4.74 Å². The Labute approximate surface area is 156 Å². The summed E-state index contributed by atoms with van der Waals surface area (Å²) in [6.45, 7) is 4.75. The highest BCUT2D eigenvalue weighted by molar-refractivity contribution is 5.84.